The van der Waals surface area contributed by atoms with Gasteiger partial charge < -0.3 is 5.73 Å². The van der Waals surface area contributed by atoms with Gasteiger partial charge in [0.25, 0.3) is 5.69 Å². The van der Waals surface area contributed by atoms with Gasteiger partial charge in [-0.3, -0.25) is 10.1 Å². The normalized spacial score (nSPS) is 10.5. The lowest BCUT2D eigenvalue weighted by Crippen LogP contribution is -1.85. The van der Waals surface area contributed by atoms with Crippen molar-refractivity contribution in [3.05, 3.63) is 34.4 Å². The van der Waals surface area contributed by atoms with Crippen molar-refractivity contribution in [1.29, 1.82) is 0 Å². The first-order chi connectivity index (χ1) is 6.16. The monoisotopic (exact) mass is 194 g/mol. The third kappa shape index (κ3) is 1.33. The number of nitrogens with zero attached hydrogens (tertiary/aromatic N) is 1. The lowest BCUT2D eigenvalue weighted by atomic mass is 10.2. The largest absolute Gasteiger partial charge is 0.391 e. The van der Waals surface area contributed by atoms with Gasteiger partial charge in [0.15, 0.2) is 0 Å². The predicted molar refractivity (Wildman–Crippen MR) is 52.9 cm³/mol. The topological polar surface area (TPSA) is 69.2 Å². The average Bonchev–Trinajstić information content (AvgIpc) is 2.42. The number of nitro groups is 1. The second-order valence-corrected chi connectivity index (χ2v) is 3.74. The number of hydrogen-bond acceptors (Lipinski definition) is 4. The van der Waals surface area contributed by atoms with Gasteiger partial charge in [0.2, 0.25) is 0 Å². The van der Waals surface area contributed by atoms with Crippen molar-refractivity contribution in [3.63, 3.8) is 0 Å². The molecule has 0 atom stereocenters. The van der Waals surface area contributed by atoms with Crippen LogP contribution in [0.25, 0.3) is 10.1 Å². The Bertz CT molecular complexity index is 478. The Labute approximate surface area is 77.7 Å². The number of thiophene rings is 1. The molecular weight excluding hydrogens is 188 g/mol. The minimum Gasteiger partial charge on any atom is -0.391 e. The van der Waals surface area contributed by atoms with Gasteiger partial charge in [-0.25, -0.2) is 0 Å². The molecule has 0 aliphatic carbocycles. The molecule has 0 fully saturated rings. The Hall–Kier alpha value is -1.62. The van der Waals surface area contributed by atoms with Crippen LogP contribution >= 0.6 is 11.3 Å². The number of nitrogen functional groups attached to an aromatic ring is 1. The van der Waals surface area contributed by atoms with Crippen LogP contribution in [0.2, 0.25) is 0 Å². The van der Waals surface area contributed by atoms with Crippen LogP contribution in [0.1, 0.15) is 0 Å². The summed E-state index contributed by atoms with van der Waals surface area (Å²) in [6.07, 6.45) is 0. The molecule has 0 unspecified atom stereocenters. The molecule has 5 heteroatoms. The Balaban J connectivity index is 2.67. The van der Waals surface area contributed by atoms with Gasteiger partial charge in [-0.15, -0.1) is 11.3 Å². The lowest BCUT2D eigenvalue weighted by Gasteiger charge is -1.89. The molecule has 0 radical (unpaired) electrons. The third-order valence-electron chi connectivity index (χ3n) is 1.73. The summed E-state index contributed by atoms with van der Waals surface area (Å²) in [4.78, 5) is 10.0. The fourth-order valence-corrected chi connectivity index (χ4v) is 2.02. The van der Waals surface area contributed by atoms with Crippen molar-refractivity contribution in [2.24, 2.45) is 0 Å². The number of nitro benzene ring substituents is 1. The van der Waals surface area contributed by atoms with Gasteiger partial charge in [0, 0.05) is 16.8 Å². The van der Waals surface area contributed by atoms with E-state index in [2.05, 4.69) is 0 Å². The van der Waals surface area contributed by atoms with Gasteiger partial charge in [-0.1, -0.05) is 0 Å². The third-order valence-corrected chi connectivity index (χ3v) is 2.66. The summed E-state index contributed by atoms with van der Waals surface area (Å²) in [5.74, 6) is 0. The standard InChI is InChI=1S/C8H6N2O2S/c9-8-3-5-1-2-6(10(11)12)4-7(5)13-8/h1-4H,9H2. The molecule has 0 saturated carbocycles. The zero-order chi connectivity index (χ0) is 9.42. The average molecular weight is 194 g/mol. The van der Waals surface area contributed by atoms with Crippen LogP contribution in [-0.2, 0) is 0 Å². The van der Waals surface area contributed by atoms with Crippen molar-refractivity contribution in [2.45, 2.75) is 0 Å². The summed E-state index contributed by atoms with van der Waals surface area (Å²) in [6, 6.07) is 6.54. The van der Waals surface area contributed by atoms with E-state index >= 15 is 0 Å². The molecule has 1 heterocycles. The number of fused-ring (bicyclic) bond motifs is 1. The summed E-state index contributed by atoms with van der Waals surface area (Å²) in [7, 11) is 0. The molecule has 2 aromatic rings. The van der Waals surface area contributed by atoms with E-state index in [0.717, 1.165) is 10.1 Å². The number of rotatable bonds is 1. The number of benzene rings is 1. The first-order valence-electron chi connectivity index (χ1n) is 3.60. The van der Waals surface area contributed by atoms with Crippen molar-refractivity contribution >= 4 is 32.1 Å². The number of non-ortho nitro benzene ring substituents is 1. The van der Waals surface area contributed by atoms with Crippen molar-refractivity contribution in [1.82, 2.24) is 0 Å². The van der Waals surface area contributed by atoms with E-state index < -0.39 is 4.92 Å². The van der Waals surface area contributed by atoms with Gasteiger partial charge in [-0.2, -0.15) is 0 Å². The van der Waals surface area contributed by atoms with E-state index in [1.165, 1.54) is 23.5 Å². The second kappa shape index (κ2) is 2.70. The molecule has 4 nitrogen and oxygen atoms in total. The molecule has 0 bridgehead atoms. The molecular formula is C8H6N2O2S. The highest BCUT2D eigenvalue weighted by atomic mass is 32.1. The van der Waals surface area contributed by atoms with E-state index in [4.69, 9.17) is 5.73 Å². The summed E-state index contributed by atoms with van der Waals surface area (Å²) in [6.45, 7) is 0. The molecule has 0 aliphatic rings. The zero-order valence-electron chi connectivity index (χ0n) is 6.56. The maximum Gasteiger partial charge on any atom is 0.270 e. The smallest absolute Gasteiger partial charge is 0.270 e. The van der Waals surface area contributed by atoms with Crippen LogP contribution in [0.4, 0.5) is 10.7 Å². The summed E-state index contributed by atoms with van der Waals surface area (Å²) in [5, 5.41) is 12.1. The molecule has 2 N–H and O–H groups in total. The number of hydrogen-bond donors (Lipinski definition) is 1. The Morgan fingerprint density at radius 3 is 2.85 bits per heavy atom. The van der Waals surface area contributed by atoms with Crippen molar-refractivity contribution in [3.8, 4) is 0 Å². The van der Waals surface area contributed by atoms with Gasteiger partial charge in [-0.05, 0) is 17.5 Å². The van der Waals surface area contributed by atoms with Crippen LogP contribution in [0, 0.1) is 10.1 Å². The quantitative estimate of drug-likeness (QED) is 0.559. The molecule has 0 aliphatic heterocycles. The van der Waals surface area contributed by atoms with E-state index in [1.807, 2.05) is 6.07 Å². The van der Waals surface area contributed by atoms with Crippen molar-refractivity contribution < 1.29 is 4.92 Å². The fraction of sp³-hybridized carbons (Fsp3) is 0. The van der Waals surface area contributed by atoms with Gasteiger partial charge in [0.05, 0.1) is 9.92 Å². The highest BCUT2D eigenvalue weighted by Crippen LogP contribution is 2.30. The summed E-state index contributed by atoms with van der Waals surface area (Å²) >= 11 is 1.36. The van der Waals surface area contributed by atoms with Gasteiger partial charge >= 0.3 is 0 Å². The molecule has 1 aromatic heterocycles. The first kappa shape index (κ1) is 8.00. The second-order valence-electron chi connectivity index (χ2n) is 2.63. The van der Waals surface area contributed by atoms with E-state index in [-0.39, 0.29) is 5.69 Å². The predicted octanol–water partition coefficient (Wildman–Crippen LogP) is 2.39. The molecule has 66 valence electrons. The number of anilines is 1. The van der Waals surface area contributed by atoms with Crippen LogP contribution in [-0.4, -0.2) is 4.92 Å². The van der Waals surface area contributed by atoms with Crippen LogP contribution < -0.4 is 5.73 Å². The SMILES string of the molecule is Nc1cc2ccc([N+](=O)[O-])cc2s1. The molecule has 13 heavy (non-hydrogen) atoms. The zero-order valence-corrected chi connectivity index (χ0v) is 7.38. The van der Waals surface area contributed by atoms with E-state index in [1.54, 1.807) is 6.07 Å². The molecule has 1 aromatic carbocycles. The molecule has 0 spiro atoms. The van der Waals surface area contributed by atoms with Crippen molar-refractivity contribution in [2.75, 3.05) is 5.73 Å². The highest BCUT2D eigenvalue weighted by Gasteiger charge is 2.07. The van der Waals surface area contributed by atoms with Gasteiger partial charge in [0.1, 0.15) is 0 Å². The van der Waals surface area contributed by atoms with Crippen LogP contribution in [0.3, 0.4) is 0 Å². The van der Waals surface area contributed by atoms with E-state index in [0.29, 0.717) is 5.00 Å². The summed E-state index contributed by atoms with van der Waals surface area (Å²) < 4.78 is 0.853. The minimum atomic E-state index is -0.407. The molecule has 0 saturated heterocycles. The Morgan fingerprint density at radius 1 is 1.38 bits per heavy atom. The fourth-order valence-electron chi connectivity index (χ4n) is 1.15. The minimum absolute atomic E-state index is 0.106. The maximum absolute atomic E-state index is 10.4. The van der Waals surface area contributed by atoms with Crippen LogP contribution in [0.15, 0.2) is 24.3 Å². The maximum atomic E-state index is 10.4. The first-order valence-corrected chi connectivity index (χ1v) is 4.42. The highest BCUT2D eigenvalue weighted by molar-refractivity contribution is 7.22. The molecule has 0 amide bonds. The Kier molecular flexibility index (Phi) is 1.66. The number of nitrogens with two attached hydrogens (primary N) is 1. The lowest BCUT2D eigenvalue weighted by molar-refractivity contribution is -0.384. The van der Waals surface area contributed by atoms with Crippen LogP contribution in [0.5, 0.6) is 0 Å². The Morgan fingerprint density at radius 2 is 2.15 bits per heavy atom. The molecule has 2 rings (SSSR count). The van der Waals surface area contributed by atoms with E-state index in [9.17, 15) is 10.1 Å². The summed E-state index contributed by atoms with van der Waals surface area (Å²) in [5.41, 5.74) is 5.67.